The normalized spacial score (nSPS) is 9.70. The Morgan fingerprint density at radius 3 is 3.10 bits per heavy atom. The van der Waals surface area contributed by atoms with Gasteiger partial charge in [-0.2, -0.15) is 5.10 Å². The van der Waals surface area contributed by atoms with Gasteiger partial charge in [-0.3, -0.25) is 4.68 Å². The van der Waals surface area contributed by atoms with E-state index in [2.05, 4.69) is 11.7 Å². The minimum Gasteiger partial charge on any atom is -0.325 e. The van der Waals surface area contributed by atoms with Crippen LogP contribution in [0.3, 0.4) is 0 Å². The molecule has 0 aliphatic rings. The van der Waals surface area contributed by atoms with Crippen molar-refractivity contribution in [2.45, 2.75) is 13.1 Å². The second-order valence-electron chi connectivity index (χ2n) is 2.02. The van der Waals surface area contributed by atoms with E-state index in [9.17, 15) is 0 Å². The molecule has 54 valence electrons. The maximum atomic E-state index is 5.36. The standard InChI is InChI=1S/C7H11N3/c1-2-4-10-5-3-7(6-8)9-10/h2-3,5H,1,4,6,8H2. The van der Waals surface area contributed by atoms with Gasteiger partial charge < -0.3 is 5.73 Å². The van der Waals surface area contributed by atoms with Crippen LogP contribution in [0.4, 0.5) is 0 Å². The lowest BCUT2D eigenvalue weighted by molar-refractivity contribution is 0.686. The van der Waals surface area contributed by atoms with Crippen molar-refractivity contribution in [3.05, 3.63) is 30.6 Å². The van der Waals surface area contributed by atoms with Crippen LogP contribution in [0, 0.1) is 0 Å². The van der Waals surface area contributed by atoms with Gasteiger partial charge in [0.15, 0.2) is 0 Å². The molecule has 1 rings (SSSR count). The molecule has 0 fully saturated rings. The molecule has 2 N–H and O–H groups in total. The number of nitrogens with zero attached hydrogens (tertiary/aromatic N) is 2. The second-order valence-corrected chi connectivity index (χ2v) is 2.02. The smallest absolute Gasteiger partial charge is 0.0760 e. The summed E-state index contributed by atoms with van der Waals surface area (Å²) in [5, 5.41) is 4.14. The third kappa shape index (κ3) is 1.45. The summed E-state index contributed by atoms with van der Waals surface area (Å²) >= 11 is 0. The van der Waals surface area contributed by atoms with Gasteiger partial charge in [-0.15, -0.1) is 6.58 Å². The number of hydrogen-bond acceptors (Lipinski definition) is 2. The van der Waals surface area contributed by atoms with E-state index in [-0.39, 0.29) is 0 Å². The van der Waals surface area contributed by atoms with Crippen LogP contribution < -0.4 is 5.73 Å². The molecule has 3 nitrogen and oxygen atoms in total. The first kappa shape index (κ1) is 7.02. The van der Waals surface area contributed by atoms with Crippen LogP contribution in [0.15, 0.2) is 24.9 Å². The molecule has 3 heteroatoms. The largest absolute Gasteiger partial charge is 0.325 e. The highest BCUT2D eigenvalue weighted by molar-refractivity contribution is 4.98. The fourth-order valence-corrected chi connectivity index (χ4v) is 0.747. The quantitative estimate of drug-likeness (QED) is 0.617. The van der Waals surface area contributed by atoms with Crippen LogP contribution in [-0.4, -0.2) is 9.78 Å². The lowest BCUT2D eigenvalue weighted by Crippen LogP contribution is -2.00. The van der Waals surface area contributed by atoms with Crippen LogP contribution in [-0.2, 0) is 13.1 Å². The van der Waals surface area contributed by atoms with E-state index in [1.807, 2.05) is 12.3 Å². The van der Waals surface area contributed by atoms with Crippen molar-refractivity contribution in [1.29, 1.82) is 0 Å². The fraction of sp³-hybridized carbons (Fsp3) is 0.286. The minimum absolute atomic E-state index is 0.504. The Kier molecular flexibility index (Phi) is 2.23. The van der Waals surface area contributed by atoms with Gasteiger partial charge in [0.25, 0.3) is 0 Å². The number of hydrogen-bond donors (Lipinski definition) is 1. The van der Waals surface area contributed by atoms with Crippen LogP contribution in [0.1, 0.15) is 5.69 Å². The monoisotopic (exact) mass is 137 g/mol. The molecule has 0 bridgehead atoms. The molecule has 0 aromatic carbocycles. The van der Waals surface area contributed by atoms with Crippen molar-refractivity contribution in [1.82, 2.24) is 9.78 Å². The van der Waals surface area contributed by atoms with Crippen LogP contribution >= 0.6 is 0 Å². The first-order valence-electron chi connectivity index (χ1n) is 3.20. The Bertz CT molecular complexity index is 214. The molecular formula is C7H11N3. The Balaban J connectivity index is 2.67. The molecule has 0 saturated heterocycles. The summed E-state index contributed by atoms with van der Waals surface area (Å²) in [6.07, 6.45) is 3.69. The summed E-state index contributed by atoms with van der Waals surface area (Å²) in [6.45, 7) is 4.85. The number of nitrogens with two attached hydrogens (primary N) is 1. The van der Waals surface area contributed by atoms with E-state index in [0.717, 1.165) is 12.2 Å². The van der Waals surface area contributed by atoms with Gasteiger partial charge >= 0.3 is 0 Å². The molecule has 1 heterocycles. The van der Waals surface area contributed by atoms with Gasteiger partial charge in [-0.25, -0.2) is 0 Å². The number of rotatable bonds is 3. The summed E-state index contributed by atoms with van der Waals surface area (Å²) in [4.78, 5) is 0. The molecule has 0 atom stereocenters. The third-order valence-corrected chi connectivity index (χ3v) is 1.22. The molecule has 0 amide bonds. The van der Waals surface area contributed by atoms with Crippen molar-refractivity contribution < 1.29 is 0 Å². The zero-order valence-corrected chi connectivity index (χ0v) is 5.83. The second kappa shape index (κ2) is 3.17. The van der Waals surface area contributed by atoms with E-state index >= 15 is 0 Å². The highest BCUT2D eigenvalue weighted by Crippen LogP contribution is 1.92. The molecule has 10 heavy (non-hydrogen) atoms. The molecule has 0 radical (unpaired) electrons. The van der Waals surface area contributed by atoms with E-state index in [4.69, 9.17) is 5.73 Å². The molecule has 0 aliphatic carbocycles. The van der Waals surface area contributed by atoms with Gasteiger partial charge in [0, 0.05) is 12.7 Å². The summed E-state index contributed by atoms with van der Waals surface area (Å²) in [6, 6.07) is 1.91. The number of aromatic nitrogens is 2. The lowest BCUT2D eigenvalue weighted by atomic mass is 10.4. The Morgan fingerprint density at radius 2 is 2.60 bits per heavy atom. The lowest BCUT2D eigenvalue weighted by Gasteiger charge is -1.91. The first-order valence-corrected chi connectivity index (χ1v) is 3.20. The van der Waals surface area contributed by atoms with Crippen molar-refractivity contribution in [3.8, 4) is 0 Å². The molecule has 1 aromatic rings. The Labute approximate surface area is 60.1 Å². The van der Waals surface area contributed by atoms with Crippen LogP contribution in [0.5, 0.6) is 0 Å². The zero-order valence-electron chi connectivity index (χ0n) is 5.83. The summed E-state index contributed by atoms with van der Waals surface area (Å²) in [5.41, 5.74) is 6.28. The highest BCUT2D eigenvalue weighted by atomic mass is 15.3. The average Bonchev–Trinajstić information content (AvgIpc) is 2.37. The van der Waals surface area contributed by atoms with Gasteiger partial charge in [-0.05, 0) is 6.07 Å². The summed E-state index contributed by atoms with van der Waals surface area (Å²) < 4.78 is 1.80. The number of allylic oxidation sites excluding steroid dienone is 1. The molecule has 0 aliphatic heterocycles. The van der Waals surface area contributed by atoms with Crippen molar-refractivity contribution in [3.63, 3.8) is 0 Å². The molecule has 0 unspecified atom stereocenters. The van der Waals surface area contributed by atoms with E-state index in [0.29, 0.717) is 6.54 Å². The fourth-order valence-electron chi connectivity index (χ4n) is 0.747. The zero-order chi connectivity index (χ0) is 7.40. The molecule has 0 saturated carbocycles. The molecule has 1 aromatic heterocycles. The van der Waals surface area contributed by atoms with Crippen LogP contribution in [0.25, 0.3) is 0 Å². The van der Waals surface area contributed by atoms with Gasteiger partial charge in [0.05, 0.1) is 12.2 Å². The topological polar surface area (TPSA) is 43.8 Å². The SMILES string of the molecule is C=CCn1ccc(CN)n1. The molecule has 0 spiro atoms. The van der Waals surface area contributed by atoms with Gasteiger partial charge in [-0.1, -0.05) is 6.08 Å². The average molecular weight is 137 g/mol. The predicted octanol–water partition coefficient (Wildman–Crippen LogP) is 0.528. The van der Waals surface area contributed by atoms with Crippen molar-refractivity contribution in [2.75, 3.05) is 0 Å². The maximum absolute atomic E-state index is 5.36. The van der Waals surface area contributed by atoms with Gasteiger partial charge in [0.2, 0.25) is 0 Å². The Hall–Kier alpha value is -1.09. The summed E-state index contributed by atoms with van der Waals surface area (Å²) in [7, 11) is 0. The highest BCUT2D eigenvalue weighted by Gasteiger charge is 1.92. The van der Waals surface area contributed by atoms with E-state index < -0.39 is 0 Å². The Morgan fingerprint density at radius 1 is 1.80 bits per heavy atom. The van der Waals surface area contributed by atoms with E-state index in [1.54, 1.807) is 10.8 Å². The van der Waals surface area contributed by atoms with Crippen molar-refractivity contribution in [2.24, 2.45) is 5.73 Å². The van der Waals surface area contributed by atoms with Crippen LogP contribution in [0.2, 0.25) is 0 Å². The van der Waals surface area contributed by atoms with Gasteiger partial charge in [0.1, 0.15) is 0 Å². The molecular weight excluding hydrogens is 126 g/mol. The minimum atomic E-state index is 0.504. The third-order valence-electron chi connectivity index (χ3n) is 1.22. The van der Waals surface area contributed by atoms with E-state index in [1.165, 1.54) is 0 Å². The maximum Gasteiger partial charge on any atom is 0.0760 e. The predicted molar refractivity (Wildman–Crippen MR) is 40.3 cm³/mol. The van der Waals surface area contributed by atoms with Crippen molar-refractivity contribution >= 4 is 0 Å². The first-order chi connectivity index (χ1) is 4.86. The summed E-state index contributed by atoms with van der Waals surface area (Å²) in [5.74, 6) is 0.